The Hall–Kier alpha value is -2.73. The highest BCUT2D eigenvalue weighted by Crippen LogP contribution is 2.19. The number of nitrogens with zero attached hydrogens (tertiary/aromatic N) is 3. The zero-order valence-electron chi connectivity index (χ0n) is 22.7. The molecule has 1 saturated heterocycles. The molecule has 1 aromatic rings. The number of hydrogen-bond donors (Lipinski definition) is 4. The minimum atomic E-state index is -2.90. The number of amidine groups is 1. The first-order chi connectivity index (χ1) is 18.1. The molecule has 0 aromatic carbocycles. The van der Waals surface area contributed by atoms with Crippen molar-refractivity contribution in [2.75, 3.05) is 57.3 Å². The van der Waals surface area contributed by atoms with Crippen LogP contribution < -0.4 is 21.7 Å². The van der Waals surface area contributed by atoms with Crippen LogP contribution in [0.15, 0.2) is 17.1 Å². The molecular formula is C26H43N7O4S. The maximum atomic E-state index is 12.6. The molecule has 5 N–H and O–H groups in total. The van der Waals surface area contributed by atoms with Crippen LogP contribution in [-0.2, 0) is 16.3 Å². The van der Waals surface area contributed by atoms with Crippen LogP contribution in [0.2, 0.25) is 0 Å². The van der Waals surface area contributed by atoms with E-state index in [0.29, 0.717) is 74.7 Å². The van der Waals surface area contributed by atoms with Crippen molar-refractivity contribution in [1.82, 2.24) is 25.8 Å². The van der Waals surface area contributed by atoms with Gasteiger partial charge in [-0.05, 0) is 56.6 Å². The van der Waals surface area contributed by atoms with Crippen LogP contribution in [0.4, 0.5) is 4.79 Å². The Kier molecular flexibility index (Phi) is 11.3. The smallest absolute Gasteiger partial charge is 0.314 e. The predicted octanol–water partition coefficient (Wildman–Crippen LogP) is 0.875. The molecule has 3 heterocycles. The van der Waals surface area contributed by atoms with E-state index in [2.05, 4.69) is 37.8 Å². The number of unbranched alkanes of at least 4 members (excludes halogenated alkanes) is 1. The lowest BCUT2D eigenvalue weighted by Crippen LogP contribution is -2.43. The fourth-order valence-electron chi connectivity index (χ4n) is 4.86. The molecule has 212 valence electrons. The molecule has 38 heavy (non-hydrogen) atoms. The van der Waals surface area contributed by atoms with Crippen LogP contribution in [-0.4, -0.2) is 93.4 Å². The van der Waals surface area contributed by atoms with Gasteiger partial charge >= 0.3 is 6.03 Å². The van der Waals surface area contributed by atoms with Gasteiger partial charge < -0.3 is 21.7 Å². The maximum Gasteiger partial charge on any atom is 0.314 e. The first-order valence-corrected chi connectivity index (χ1v) is 15.4. The van der Waals surface area contributed by atoms with Crippen LogP contribution >= 0.6 is 0 Å². The molecule has 1 fully saturated rings. The van der Waals surface area contributed by atoms with Crippen LogP contribution in [0, 0.1) is 18.8 Å². The van der Waals surface area contributed by atoms with Gasteiger partial charge in [-0.3, -0.25) is 19.7 Å². The van der Waals surface area contributed by atoms with Gasteiger partial charge in [0, 0.05) is 57.9 Å². The van der Waals surface area contributed by atoms with Crippen molar-refractivity contribution >= 4 is 27.6 Å². The maximum absolute atomic E-state index is 12.6. The molecule has 11 nitrogen and oxygen atoms in total. The van der Waals surface area contributed by atoms with E-state index >= 15 is 0 Å². The number of rotatable bonds is 11. The number of pyridine rings is 1. The number of carbonyl (C=O) groups is 2. The number of nitrogens with one attached hydrogen (secondary N) is 3. The lowest BCUT2D eigenvalue weighted by atomic mass is 9.94. The summed E-state index contributed by atoms with van der Waals surface area (Å²) in [4.78, 5) is 35.7. The zero-order chi connectivity index (χ0) is 27.5. The third-order valence-electron chi connectivity index (χ3n) is 7.08. The molecule has 0 spiro atoms. The molecule has 3 rings (SSSR count). The van der Waals surface area contributed by atoms with E-state index in [9.17, 15) is 18.0 Å². The number of carbonyl (C=O) groups excluding carboxylic acids is 2. The Morgan fingerprint density at radius 2 is 1.87 bits per heavy atom. The number of amides is 3. The number of aliphatic imine (C=N–C) groups is 1. The topological polar surface area (TPSA) is 159 Å². The van der Waals surface area contributed by atoms with Crippen molar-refractivity contribution in [3.8, 4) is 0 Å². The van der Waals surface area contributed by atoms with E-state index in [1.165, 1.54) is 0 Å². The standard InChI is InChI=1S/C26H43N7O4S/c1-19-15-21(17-30-24(27)16-19)18-31-26(35)29-8-4-3-5-22-6-7-23(20(2)32-22)25(34)28-9-10-33-11-13-38(36,37)14-12-33/h6-7,19,21H,3-5,8-18H2,1-2H3,(H2,27,30)(H,28,34)(H2,29,31,35). The summed E-state index contributed by atoms with van der Waals surface area (Å²) in [6.07, 6.45) is 4.30. The number of aryl methyl sites for hydroxylation is 2. The second-order valence-corrected chi connectivity index (χ2v) is 12.8. The highest BCUT2D eigenvalue weighted by atomic mass is 32.2. The van der Waals surface area contributed by atoms with Crippen LogP contribution in [0.1, 0.15) is 54.4 Å². The second-order valence-electron chi connectivity index (χ2n) is 10.5. The minimum absolute atomic E-state index is 0.159. The van der Waals surface area contributed by atoms with Gasteiger partial charge in [0.1, 0.15) is 0 Å². The quantitative estimate of drug-likeness (QED) is 0.298. The fourth-order valence-corrected chi connectivity index (χ4v) is 6.14. The second kappa shape index (κ2) is 14.4. The predicted molar refractivity (Wildman–Crippen MR) is 149 cm³/mol. The average molecular weight is 550 g/mol. The number of aromatic nitrogens is 1. The van der Waals surface area contributed by atoms with E-state index in [4.69, 9.17) is 5.73 Å². The Morgan fingerprint density at radius 1 is 1.11 bits per heavy atom. The fraction of sp³-hybridized carbons (Fsp3) is 0.692. The Bertz CT molecular complexity index is 1080. The van der Waals surface area contributed by atoms with Crippen molar-refractivity contribution in [3.63, 3.8) is 0 Å². The van der Waals surface area contributed by atoms with Crippen molar-refractivity contribution in [2.45, 2.75) is 46.0 Å². The van der Waals surface area contributed by atoms with Crippen LogP contribution in [0.25, 0.3) is 0 Å². The van der Waals surface area contributed by atoms with Gasteiger partial charge in [0.05, 0.1) is 28.6 Å². The Balaban J connectivity index is 1.29. The van der Waals surface area contributed by atoms with Gasteiger partial charge in [-0.15, -0.1) is 0 Å². The molecular weight excluding hydrogens is 506 g/mol. The van der Waals surface area contributed by atoms with E-state index in [1.807, 2.05) is 13.0 Å². The van der Waals surface area contributed by atoms with E-state index in [1.54, 1.807) is 6.07 Å². The van der Waals surface area contributed by atoms with Gasteiger partial charge in [0.25, 0.3) is 5.91 Å². The molecule has 0 radical (unpaired) electrons. The number of sulfone groups is 1. The summed E-state index contributed by atoms with van der Waals surface area (Å²) >= 11 is 0. The normalized spacial score (nSPS) is 21.7. The summed E-state index contributed by atoms with van der Waals surface area (Å²) < 4.78 is 23.0. The summed E-state index contributed by atoms with van der Waals surface area (Å²) in [5.41, 5.74) is 8.01. The molecule has 3 amide bonds. The van der Waals surface area contributed by atoms with Crippen molar-refractivity contribution < 1.29 is 18.0 Å². The molecule has 0 saturated carbocycles. The average Bonchev–Trinajstić information content (AvgIpc) is 3.02. The number of nitrogens with two attached hydrogens (primary N) is 1. The highest BCUT2D eigenvalue weighted by Gasteiger charge is 2.21. The van der Waals surface area contributed by atoms with Gasteiger partial charge in [-0.25, -0.2) is 13.2 Å². The lowest BCUT2D eigenvalue weighted by molar-refractivity contribution is 0.0947. The summed E-state index contributed by atoms with van der Waals surface area (Å²) in [6, 6.07) is 3.52. The summed E-state index contributed by atoms with van der Waals surface area (Å²) in [5, 5.41) is 8.77. The van der Waals surface area contributed by atoms with Crippen LogP contribution in [0.5, 0.6) is 0 Å². The van der Waals surface area contributed by atoms with E-state index in [0.717, 1.165) is 37.8 Å². The number of urea groups is 1. The molecule has 2 unspecified atom stereocenters. The third kappa shape index (κ3) is 10.2. The SMILES string of the molecule is Cc1nc(CCCCNC(=O)NCC2CN=C(N)CC(C)C2)ccc1C(=O)NCCN1CCS(=O)(=O)CC1. The third-order valence-corrected chi connectivity index (χ3v) is 8.69. The molecule has 2 atom stereocenters. The van der Waals surface area contributed by atoms with Gasteiger partial charge in [-0.1, -0.05) is 6.92 Å². The van der Waals surface area contributed by atoms with E-state index in [-0.39, 0.29) is 23.4 Å². The summed E-state index contributed by atoms with van der Waals surface area (Å²) in [5.74, 6) is 1.69. The first-order valence-electron chi connectivity index (χ1n) is 13.6. The Morgan fingerprint density at radius 3 is 2.61 bits per heavy atom. The molecule has 0 aliphatic carbocycles. The van der Waals surface area contributed by atoms with E-state index < -0.39 is 9.84 Å². The minimum Gasteiger partial charge on any atom is -0.387 e. The molecule has 12 heteroatoms. The highest BCUT2D eigenvalue weighted by molar-refractivity contribution is 7.91. The van der Waals surface area contributed by atoms with Crippen molar-refractivity contribution in [3.05, 3.63) is 29.1 Å². The van der Waals surface area contributed by atoms with Gasteiger partial charge in [0.15, 0.2) is 9.84 Å². The largest absolute Gasteiger partial charge is 0.387 e. The summed E-state index contributed by atoms with van der Waals surface area (Å²) in [6.45, 7) is 7.95. The first kappa shape index (κ1) is 29.8. The summed E-state index contributed by atoms with van der Waals surface area (Å²) in [7, 11) is -2.90. The lowest BCUT2D eigenvalue weighted by Gasteiger charge is -2.26. The monoisotopic (exact) mass is 549 g/mol. The number of hydrogen-bond acceptors (Lipinski definition) is 8. The molecule has 0 bridgehead atoms. The zero-order valence-corrected chi connectivity index (χ0v) is 23.5. The van der Waals surface area contributed by atoms with Crippen molar-refractivity contribution in [2.24, 2.45) is 22.6 Å². The van der Waals surface area contributed by atoms with Crippen LogP contribution in [0.3, 0.4) is 0 Å². The van der Waals surface area contributed by atoms with Gasteiger partial charge in [-0.2, -0.15) is 0 Å². The molecule has 1 aromatic heterocycles. The van der Waals surface area contributed by atoms with Gasteiger partial charge in [0.2, 0.25) is 0 Å². The van der Waals surface area contributed by atoms with Crippen molar-refractivity contribution in [1.29, 1.82) is 0 Å². The molecule has 2 aliphatic heterocycles. The Labute approximate surface area is 226 Å². The molecule has 2 aliphatic rings.